The van der Waals surface area contributed by atoms with Crippen LogP contribution < -0.4 is 15.2 Å². The lowest BCUT2D eigenvalue weighted by molar-refractivity contribution is -0.122. The average Bonchev–Trinajstić information content (AvgIpc) is 3.49. The Kier molecular flexibility index (Phi) is 6.62. The number of anilines is 1. The summed E-state index contributed by atoms with van der Waals surface area (Å²) >= 11 is 6.77. The number of fused-ring (bicyclic) bond motifs is 1. The van der Waals surface area contributed by atoms with E-state index in [1.165, 1.54) is 11.8 Å². The van der Waals surface area contributed by atoms with Crippen LogP contribution in [-0.4, -0.2) is 51.3 Å². The number of nitrogens with zero attached hydrogens (tertiary/aromatic N) is 4. The van der Waals surface area contributed by atoms with Gasteiger partial charge in [-0.1, -0.05) is 42.2 Å². The predicted octanol–water partition coefficient (Wildman–Crippen LogP) is 4.06. The van der Waals surface area contributed by atoms with Crippen LogP contribution in [0.15, 0.2) is 52.3 Å². The van der Waals surface area contributed by atoms with Gasteiger partial charge in [0.05, 0.1) is 17.6 Å². The summed E-state index contributed by atoms with van der Waals surface area (Å²) in [5, 5.41) is 0. The van der Waals surface area contributed by atoms with E-state index in [9.17, 15) is 9.59 Å². The molecule has 0 radical (unpaired) electrons. The molecule has 180 valence electrons. The number of thiocarbonyl (C=S) groups is 1. The van der Waals surface area contributed by atoms with Gasteiger partial charge in [-0.05, 0) is 61.6 Å². The number of pyridine rings is 1. The lowest BCUT2D eigenvalue weighted by Gasteiger charge is -2.20. The normalized spacial score (nSPS) is 17.3. The molecule has 0 unspecified atom stereocenters. The summed E-state index contributed by atoms with van der Waals surface area (Å²) in [5.41, 5.74) is 2.92. The lowest BCUT2D eigenvalue weighted by atomic mass is 10.1. The van der Waals surface area contributed by atoms with E-state index < -0.39 is 0 Å². The summed E-state index contributed by atoms with van der Waals surface area (Å²) in [6.45, 7) is 4.11. The molecule has 2 aliphatic heterocycles. The highest BCUT2D eigenvalue weighted by atomic mass is 32.2. The minimum Gasteiger partial charge on any atom is -0.497 e. The smallest absolute Gasteiger partial charge is 0.267 e. The van der Waals surface area contributed by atoms with Crippen molar-refractivity contribution in [1.29, 1.82) is 0 Å². The summed E-state index contributed by atoms with van der Waals surface area (Å²) in [7, 11) is 1.63. The number of hydrogen-bond donors (Lipinski definition) is 0. The molecule has 2 saturated heterocycles. The molecule has 0 aliphatic carbocycles. The number of hydrogen-bond acceptors (Lipinski definition) is 7. The monoisotopic (exact) mass is 506 g/mol. The van der Waals surface area contributed by atoms with E-state index in [0.29, 0.717) is 39.2 Å². The molecular formula is C26H26N4O3S2. The number of aromatic nitrogens is 2. The molecule has 3 aromatic rings. The van der Waals surface area contributed by atoms with Gasteiger partial charge in [-0.15, -0.1) is 0 Å². The molecule has 1 aromatic carbocycles. The van der Waals surface area contributed by atoms with Crippen LogP contribution in [-0.2, 0) is 11.2 Å². The Hall–Kier alpha value is -3.17. The van der Waals surface area contributed by atoms with E-state index in [1.54, 1.807) is 28.7 Å². The van der Waals surface area contributed by atoms with E-state index in [-0.39, 0.29) is 11.5 Å². The van der Waals surface area contributed by atoms with Crippen molar-refractivity contribution in [3.63, 3.8) is 0 Å². The van der Waals surface area contributed by atoms with Crippen molar-refractivity contribution in [3.05, 3.63) is 74.5 Å². The second-order valence-electron chi connectivity index (χ2n) is 8.66. The fourth-order valence-electron chi connectivity index (χ4n) is 4.45. The first kappa shape index (κ1) is 23.6. The fraction of sp³-hybridized carbons (Fsp3) is 0.308. The number of benzene rings is 1. The Balaban J connectivity index is 1.47. The Bertz CT molecular complexity index is 1390. The third kappa shape index (κ3) is 4.58. The minimum atomic E-state index is -0.177. The highest BCUT2D eigenvalue weighted by molar-refractivity contribution is 8.26. The molecule has 9 heteroatoms. The van der Waals surface area contributed by atoms with Gasteiger partial charge in [0, 0.05) is 25.8 Å². The first-order chi connectivity index (χ1) is 17.0. The van der Waals surface area contributed by atoms with Gasteiger partial charge in [-0.25, -0.2) is 4.98 Å². The van der Waals surface area contributed by atoms with Crippen molar-refractivity contribution in [2.24, 2.45) is 0 Å². The van der Waals surface area contributed by atoms with Crippen LogP contribution in [0.25, 0.3) is 11.7 Å². The summed E-state index contributed by atoms with van der Waals surface area (Å²) in [5.74, 6) is 1.27. The zero-order chi connectivity index (χ0) is 24.5. The van der Waals surface area contributed by atoms with Crippen LogP contribution in [0.5, 0.6) is 5.75 Å². The SMILES string of the molecule is COc1ccc(CCN2C(=O)/C(=C/c3c(N4CCCC4)nc4c(C)cccn4c3=O)SC2=S)cc1. The van der Waals surface area contributed by atoms with E-state index in [4.69, 9.17) is 21.9 Å². The molecular weight excluding hydrogens is 480 g/mol. The molecule has 2 aliphatic rings. The van der Waals surface area contributed by atoms with Crippen molar-refractivity contribution < 1.29 is 9.53 Å². The number of thioether (sulfide) groups is 1. The van der Waals surface area contributed by atoms with E-state index in [0.717, 1.165) is 42.8 Å². The van der Waals surface area contributed by atoms with Gasteiger partial charge in [-0.3, -0.25) is 18.9 Å². The van der Waals surface area contributed by atoms with Crippen molar-refractivity contribution in [3.8, 4) is 5.75 Å². The Morgan fingerprint density at radius 1 is 1.14 bits per heavy atom. The van der Waals surface area contributed by atoms with Gasteiger partial charge >= 0.3 is 0 Å². The molecule has 35 heavy (non-hydrogen) atoms. The molecule has 2 aromatic heterocycles. The summed E-state index contributed by atoms with van der Waals surface area (Å²) in [6.07, 6.45) is 6.19. The summed E-state index contributed by atoms with van der Waals surface area (Å²) < 4.78 is 7.27. The van der Waals surface area contributed by atoms with Crippen LogP contribution in [0.2, 0.25) is 0 Å². The predicted molar refractivity (Wildman–Crippen MR) is 144 cm³/mol. The number of carbonyl (C=O) groups is 1. The summed E-state index contributed by atoms with van der Waals surface area (Å²) in [4.78, 5) is 35.9. The molecule has 5 rings (SSSR count). The van der Waals surface area contributed by atoms with Crippen molar-refractivity contribution in [2.75, 3.05) is 31.6 Å². The fourth-order valence-corrected chi connectivity index (χ4v) is 5.74. The first-order valence-electron chi connectivity index (χ1n) is 11.6. The number of rotatable bonds is 6. The quantitative estimate of drug-likeness (QED) is 0.369. The molecule has 4 heterocycles. The molecule has 1 amide bonds. The average molecular weight is 507 g/mol. The molecule has 0 spiro atoms. The van der Waals surface area contributed by atoms with Gasteiger partial charge in [-0.2, -0.15) is 0 Å². The van der Waals surface area contributed by atoms with Gasteiger partial charge < -0.3 is 9.64 Å². The highest BCUT2D eigenvalue weighted by Gasteiger charge is 2.33. The molecule has 2 fully saturated rings. The van der Waals surface area contributed by atoms with Crippen LogP contribution in [0.3, 0.4) is 0 Å². The van der Waals surface area contributed by atoms with Gasteiger partial charge in [0.2, 0.25) is 0 Å². The van der Waals surface area contributed by atoms with Crippen LogP contribution in [0.1, 0.15) is 29.5 Å². The van der Waals surface area contributed by atoms with Crippen molar-refractivity contribution in [2.45, 2.75) is 26.2 Å². The second kappa shape index (κ2) is 9.83. The maximum atomic E-state index is 13.6. The lowest BCUT2D eigenvalue weighted by Crippen LogP contribution is -2.30. The largest absolute Gasteiger partial charge is 0.497 e. The number of carbonyl (C=O) groups excluding carboxylic acids is 1. The number of methoxy groups -OCH3 is 1. The Labute approximate surface area is 213 Å². The summed E-state index contributed by atoms with van der Waals surface area (Å²) in [6, 6.07) is 11.6. The number of amides is 1. The van der Waals surface area contributed by atoms with E-state index in [2.05, 4.69) is 4.90 Å². The van der Waals surface area contributed by atoms with Crippen LogP contribution >= 0.6 is 24.0 Å². The van der Waals surface area contributed by atoms with Crippen LogP contribution in [0, 0.1) is 6.92 Å². The van der Waals surface area contributed by atoms with E-state index >= 15 is 0 Å². The van der Waals surface area contributed by atoms with Gasteiger partial charge in [0.25, 0.3) is 11.5 Å². The third-order valence-electron chi connectivity index (χ3n) is 6.40. The first-order valence-corrected chi connectivity index (χ1v) is 12.8. The molecule has 0 saturated carbocycles. The molecule has 7 nitrogen and oxygen atoms in total. The maximum Gasteiger partial charge on any atom is 0.267 e. The van der Waals surface area contributed by atoms with Crippen LogP contribution in [0.4, 0.5) is 5.82 Å². The molecule has 0 bridgehead atoms. The van der Waals surface area contributed by atoms with Crippen molar-refractivity contribution >= 4 is 51.7 Å². The van der Waals surface area contributed by atoms with Gasteiger partial charge in [0.1, 0.15) is 21.5 Å². The van der Waals surface area contributed by atoms with Crippen molar-refractivity contribution in [1.82, 2.24) is 14.3 Å². The zero-order valence-electron chi connectivity index (χ0n) is 19.7. The topological polar surface area (TPSA) is 67.2 Å². The molecule has 0 N–H and O–H groups in total. The standard InChI is InChI=1S/C26H26N4O3S2/c1-17-6-5-14-29-22(17)27-23(28-12-3-4-13-28)20(24(29)31)16-21-25(32)30(26(34)35-21)15-11-18-7-9-19(33-2)10-8-18/h5-10,14,16H,3-4,11-13,15H2,1-2H3/b21-16-. The van der Waals surface area contributed by atoms with E-state index in [1.807, 2.05) is 43.3 Å². The maximum absolute atomic E-state index is 13.6. The molecule has 0 atom stereocenters. The third-order valence-corrected chi connectivity index (χ3v) is 7.78. The minimum absolute atomic E-state index is 0.172. The zero-order valence-corrected chi connectivity index (χ0v) is 21.3. The number of ether oxygens (including phenoxy) is 1. The Morgan fingerprint density at radius 3 is 2.60 bits per heavy atom. The van der Waals surface area contributed by atoms with Gasteiger partial charge in [0.15, 0.2) is 0 Å². The Morgan fingerprint density at radius 2 is 1.89 bits per heavy atom. The number of aryl methyl sites for hydroxylation is 1. The highest BCUT2D eigenvalue weighted by Crippen LogP contribution is 2.34. The second-order valence-corrected chi connectivity index (χ2v) is 10.3.